The van der Waals surface area contributed by atoms with Gasteiger partial charge >= 0.3 is 5.69 Å². The van der Waals surface area contributed by atoms with Gasteiger partial charge in [0.2, 0.25) is 0 Å². The van der Waals surface area contributed by atoms with Gasteiger partial charge in [-0.3, -0.25) is 13.9 Å². The minimum absolute atomic E-state index is 0.0128. The molecule has 1 unspecified atom stereocenters. The highest BCUT2D eigenvalue weighted by molar-refractivity contribution is 5.70. The van der Waals surface area contributed by atoms with E-state index in [1.165, 1.54) is 6.07 Å². The molecule has 0 radical (unpaired) electrons. The van der Waals surface area contributed by atoms with Crippen LogP contribution in [0.4, 0.5) is 10.1 Å². The van der Waals surface area contributed by atoms with Crippen molar-refractivity contribution in [2.75, 3.05) is 12.4 Å². The van der Waals surface area contributed by atoms with Crippen molar-refractivity contribution in [1.29, 1.82) is 0 Å². The Morgan fingerprint density at radius 1 is 1.16 bits per heavy atom. The first kappa shape index (κ1) is 20.2. The fraction of sp³-hybridized carbons (Fsp3) is 0.292. The van der Waals surface area contributed by atoms with E-state index in [0.717, 1.165) is 28.7 Å². The van der Waals surface area contributed by atoms with E-state index in [1.807, 2.05) is 38.2 Å². The van der Waals surface area contributed by atoms with Crippen molar-refractivity contribution in [3.8, 4) is 0 Å². The number of aromatic nitrogens is 4. The predicted octanol–water partition coefficient (Wildman–Crippen LogP) is 3.60. The molecule has 2 aromatic carbocycles. The highest BCUT2D eigenvalue weighted by atomic mass is 19.1. The molecule has 1 aliphatic carbocycles. The molecule has 0 saturated heterocycles. The van der Waals surface area contributed by atoms with Crippen LogP contribution in [-0.2, 0) is 6.54 Å². The maximum atomic E-state index is 14.2. The summed E-state index contributed by atoms with van der Waals surface area (Å²) in [5.74, 6) is 0.0723. The van der Waals surface area contributed by atoms with Crippen LogP contribution in [-0.4, -0.2) is 26.1 Å². The molecular weight excluding hydrogens is 409 g/mol. The number of rotatable bonds is 6. The fourth-order valence-electron chi connectivity index (χ4n) is 4.05. The average molecular weight is 433 g/mol. The molecule has 2 aromatic heterocycles. The number of nitrogens with zero attached hydrogens (tertiary/aromatic N) is 3. The summed E-state index contributed by atoms with van der Waals surface area (Å²) in [7, 11) is 1.86. The first-order chi connectivity index (χ1) is 15.5. The number of hydrogen-bond acceptors (Lipinski definition) is 4. The quantitative estimate of drug-likeness (QED) is 0.487. The molecule has 0 bridgehead atoms. The van der Waals surface area contributed by atoms with Gasteiger partial charge in [-0.15, -0.1) is 0 Å². The van der Waals surface area contributed by atoms with Crippen LogP contribution in [0.1, 0.15) is 48.7 Å². The second kappa shape index (κ2) is 7.78. The van der Waals surface area contributed by atoms with E-state index in [-0.39, 0.29) is 24.0 Å². The Labute approximate surface area is 183 Å². The minimum atomic E-state index is -0.485. The van der Waals surface area contributed by atoms with E-state index in [0.29, 0.717) is 17.0 Å². The SMILES string of the molecule is CNc1ccc(C(C)c2nc3c([nH]2)c(=O)n(Cc2ccccc2F)c(=O)n3C2CC2)cc1. The van der Waals surface area contributed by atoms with E-state index < -0.39 is 17.1 Å². The topological polar surface area (TPSA) is 84.7 Å². The molecule has 7 nitrogen and oxygen atoms in total. The summed E-state index contributed by atoms with van der Waals surface area (Å²) in [5.41, 5.74) is 2.06. The van der Waals surface area contributed by atoms with Crippen LogP contribution in [0, 0.1) is 5.82 Å². The van der Waals surface area contributed by atoms with Crippen molar-refractivity contribution in [1.82, 2.24) is 19.1 Å². The predicted molar refractivity (Wildman–Crippen MR) is 122 cm³/mol. The van der Waals surface area contributed by atoms with Crippen molar-refractivity contribution in [3.63, 3.8) is 0 Å². The Bertz CT molecular complexity index is 1410. The molecule has 4 aromatic rings. The van der Waals surface area contributed by atoms with Crippen LogP contribution in [0.25, 0.3) is 11.2 Å². The van der Waals surface area contributed by atoms with Crippen molar-refractivity contribution < 1.29 is 4.39 Å². The van der Waals surface area contributed by atoms with Gasteiger partial charge in [-0.1, -0.05) is 37.3 Å². The number of hydrogen-bond donors (Lipinski definition) is 2. The van der Waals surface area contributed by atoms with Crippen LogP contribution in [0.3, 0.4) is 0 Å². The first-order valence-electron chi connectivity index (χ1n) is 10.7. The number of imidazole rings is 1. The van der Waals surface area contributed by atoms with Gasteiger partial charge < -0.3 is 10.3 Å². The molecule has 164 valence electrons. The standard InChI is InChI=1S/C24H24FN5O2/c1-14(15-7-9-17(26-2)10-8-15)21-27-20-22(28-21)30(18-11-12-18)24(32)29(23(20)31)13-16-5-3-4-6-19(16)25/h3-10,14,18,26H,11-13H2,1-2H3,(H,27,28). The van der Waals surface area contributed by atoms with Crippen LogP contribution in [0.5, 0.6) is 0 Å². The van der Waals surface area contributed by atoms with E-state index in [4.69, 9.17) is 0 Å². The van der Waals surface area contributed by atoms with Gasteiger partial charge in [-0.2, -0.15) is 0 Å². The molecular formula is C24H24FN5O2. The van der Waals surface area contributed by atoms with Crippen LogP contribution in [0.2, 0.25) is 0 Å². The zero-order valence-electron chi connectivity index (χ0n) is 17.9. The Morgan fingerprint density at radius 2 is 1.88 bits per heavy atom. The third-order valence-electron chi connectivity index (χ3n) is 6.14. The van der Waals surface area contributed by atoms with Gasteiger partial charge in [0.15, 0.2) is 5.65 Å². The lowest BCUT2D eigenvalue weighted by Gasteiger charge is -2.11. The lowest BCUT2D eigenvalue weighted by atomic mass is 10.0. The van der Waals surface area contributed by atoms with E-state index in [2.05, 4.69) is 15.3 Å². The average Bonchev–Trinajstić information content (AvgIpc) is 3.54. The normalized spacial score (nSPS) is 14.6. The second-order valence-electron chi connectivity index (χ2n) is 8.28. The number of nitrogens with one attached hydrogen (secondary N) is 2. The van der Waals surface area contributed by atoms with E-state index in [9.17, 15) is 14.0 Å². The molecule has 0 spiro atoms. The molecule has 0 aliphatic heterocycles. The largest absolute Gasteiger partial charge is 0.388 e. The van der Waals surface area contributed by atoms with Crippen LogP contribution in [0.15, 0.2) is 58.1 Å². The Morgan fingerprint density at radius 3 is 2.53 bits per heavy atom. The highest BCUT2D eigenvalue weighted by Crippen LogP contribution is 2.35. The third kappa shape index (κ3) is 3.41. The van der Waals surface area contributed by atoms with Gasteiger partial charge in [0.1, 0.15) is 17.2 Å². The summed E-state index contributed by atoms with van der Waals surface area (Å²) in [6.45, 7) is 1.88. The summed E-state index contributed by atoms with van der Waals surface area (Å²) >= 11 is 0. The van der Waals surface area contributed by atoms with Crippen molar-refractivity contribution in [2.24, 2.45) is 0 Å². The van der Waals surface area contributed by atoms with Gasteiger partial charge in [0.25, 0.3) is 5.56 Å². The van der Waals surface area contributed by atoms with E-state index >= 15 is 0 Å². The summed E-state index contributed by atoms with van der Waals surface area (Å²) < 4.78 is 16.9. The molecule has 1 saturated carbocycles. The smallest absolute Gasteiger partial charge is 0.333 e. The van der Waals surface area contributed by atoms with Crippen molar-refractivity contribution in [3.05, 3.63) is 92.1 Å². The molecule has 5 rings (SSSR count). The summed E-state index contributed by atoms with van der Waals surface area (Å²) in [6, 6.07) is 14.2. The highest BCUT2D eigenvalue weighted by Gasteiger charge is 2.30. The van der Waals surface area contributed by atoms with Gasteiger partial charge in [-0.05, 0) is 36.6 Å². The fourth-order valence-corrected chi connectivity index (χ4v) is 4.05. The summed E-state index contributed by atoms with van der Waals surface area (Å²) in [4.78, 5) is 34.4. The van der Waals surface area contributed by atoms with Crippen LogP contribution < -0.4 is 16.6 Å². The number of benzene rings is 2. The van der Waals surface area contributed by atoms with Gasteiger partial charge in [0, 0.05) is 30.3 Å². The molecule has 1 fully saturated rings. The number of halogens is 1. The Hall–Kier alpha value is -3.68. The first-order valence-corrected chi connectivity index (χ1v) is 10.7. The third-order valence-corrected chi connectivity index (χ3v) is 6.14. The molecule has 8 heteroatoms. The number of fused-ring (bicyclic) bond motifs is 1. The van der Waals surface area contributed by atoms with Crippen molar-refractivity contribution in [2.45, 2.75) is 38.3 Å². The van der Waals surface area contributed by atoms with Gasteiger partial charge in [-0.25, -0.2) is 14.2 Å². The molecule has 2 heterocycles. The molecule has 32 heavy (non-hydrogen) atoms. The minimum Gasteiger partial charge on any atom is -0.388 e. The lowest BCUT2D eigenvalue weighted by molar-refractivity contribution is 0.571. The van der Waals surface area contributed by atoms with Gasteiger partial charge in [0.05, 0.1) is 6.54 Å². The lowest BCUT2D eigenvalue weighted by Crippen LogP contribution is -2.40. The summed E-state index contributed by atoms with van der Waals surface area (Å²) in [5, 5.41) is 3.09. The molecule has 2 N–H and O–H groups in total. The number of anilines is 1. The van der Waals surface area contributed by atoms with E-state index in [1.54, 1.807) is 22.8 Å². The number of H-pyrrole nitrogens is 1. The zero-order valence-corrected chi connectivity index (χ0v) is 17.9. The number of aromatic amines is 1. The van der Waals surface area contributed by atoms with Crippen molar-refractivity contribution >= 4 is 16.9 Å². The Kier molecular flexibility index (Phi) is 4.92. The summed E-state index contributed by atoms with van der Waals surface area (Å²) in [6.07, 6.45) is 1.71. The molecule has 1 aliphatic rings. The maximum Gasteiger partial charge on any atom is 0.333 e. The monoisotopic (exact) mass is 433 g/mol. The second-order valence-corrected chi connectivity index (χ2v) is 8.28. The maximum absolute atomic E-state index is 14.2. The molecule has 0 amide bonds. The Balaban J connectivity index is 1.64. The van der Waals surface area contributed by atoms with Crippen LogP contribution >= 0.6 is 0 Å². The zero-order chi connectivity index (χ0) is 22.4. The molecule has 1 atom stereocenters.